The van der Waals surface area contributed by atoms with Gasteiger partial charge in [0.05, 0.1) is 16.4 Å². The average Bonchev–Trinajstić information content (AvgIpc) is 3.18. The molecule has 160 valence electrons. The predicted molar refractivity (Wildman–Crippen MR) is 124 cm³/mol. The molecule has 2 aromatic carbocycles. The van der Waals surface area contributed by atoms with E-state index in [9.17, 15) is 9.59 Å². The average molecular weight is 436 g/mol. The quantitative estimate of drug-likeness (QED) is 0.607. The molecular weight excluding hydrogens is 410 g/mol. The number of aromatic nitrogens is 1. The van der Waals surface area contributed by atoms with Gasteiger partial charge >= 0.3 is 0 Å². The van der Waals surface area contributed by atoms with Crippen molar-refractivity contribution in [3.05, 3.63) is 57.9 Å². The van der Waals surface area contributed by atoms with Crippen LogP contribution in [-0.2, 0) is 16.0 Å². The highest BCUT2D eigenvalue weighted by Gasteiger charge is 2.28. The normalized spacial score (nSPS) is 13.0. The zero-order valence-corrected chi connectivity index (χ0v) is 18.7. The van der Waals surface area contributed by atoms with E-state index in [0.29, 0.717) is 11.4 Å². The van der Waals surface area contributed by atoms with Crippen LogP contribution in [0.3, 0.4) is 0 Å². The highest BCUT2D eigenvalue weighted by molar-refractivity contribution is 7.09. The van der Waals surface area contributed by atoms with Crippen molar-refractivity contribution in [1.82, 2.24) is 4.98 Å². The van der Waals surface area contributed by atoms with Gasteiger partial charge in [-0.15, -0.1) is 11.3 Å². The molecule has 2 heterocycles. The van der Waals surface area contributed by atoms with E-state index in [4.69, 9.17) is 9.72 Å². The minimum atomic E-state index is -0.254. The van der Waals surface area contributed by atoms with Gasteiger partial charge in [0.15, 0.2) is 6.61 Å². The predicted octanol–water partition coefficient (Wildman–Crippen LogP) is 4.74. The number of aryl methyl sites for hydroxylation is 3. The molecule has 0 bridgehead atoms. The molecule has 4 rings (SSSR count). The number of thiazole rings is 1. The number of fused-ring (bicyclic) bond motifs is 1. The first-order chi connectivity index (χ1) is 14.9. The summed E-state index contributed by atoms with van der Waals surface area (Å²) in [6.07, 6.45) is 1.99. The number of carbonyl (C=O) groups is 2. The Bertz CT molecular complexity index is 1120. The SMILES string of the molecule is CCCc1nc(-c2ccc3c(c2)N(CC(=O)Nc2cc(C)cc(C)c2)C(=O)CO3)cs1. The minimum absolute atomic E-state index is 0.0796. The molecule has 0 saturated carbocycles. The van der Waals surface area contributed by atoms with Crippen molar-refractivity contribution in [3.63, 3.8) is 0 Å². The zero-order valence-electron chi connectivity index (χ0n) is 17.9. The number of amides is 2. The van der Waals surface area contributed by atoms with Crippen LogP contribution in [-0.4, -0.2) is 29.9 Å². The van der Waals surface area contributed by atoms with Crippen LogP contribution in [0.5, 0.6) is 5.75 Å². The molecule has 0 unspecified atom stereocenters. The van der Waals surface area contributed by atoms with Crippen molar-refractivity contribution in [2.75, 3.05) is 23.4 Å². The number of nitrogens with one attached hydrogen (secondary N) is 1. The molecule has 0 atom stereocenters. The molecule has 0 spiro atoms. The second-order valence-electron chi connectivity index (χ2n) is 7.75. The van der Waals surface area contributed by atoms with E-state index in [1.165, 1.54) is 4.90 Å². The van der Waals surface area contributed by atoms with Crippen LogP contribution >= 0.6 is 11.3 Å². The Morgan fingerprint density at radius 3 is 2.71 bits per heavy atom. The third-order valence-corrected chi connectivity index (χ3v) is 5.93. The van der Waals surface area contributed by atoms with Gasteiger partial charge in [-0.1, -0.05) is 13.0 Å². The largest absolute Gasteiger partial charge is 0.482 e. The van der Waals surface area contributed by atoms with Crippen LogP contribution in [0, 0.1) is 13.8 Å². The summed E-state index contributed by atoms with van der Waals surface area (Å²) in [5.74, 6) is 0.0900. The standard InChI is InChI=1S/C24H25N3O3S/c1-4-5-23-26-19(14-31-23)17-6-7-21-20(11-17)27(24(29)13-30-21)12-22(28)25-18-9-15(2)8-16(3)10-18/h6-11,14H,4-5,12-13H2,1-3H3,(H,25,28). The molecule has 7 heteroatoms. The van der Waals surface area contributed by atoms with Gasteiger partial charge in [-0.3, -0.25) is 14.5 Å². The number of benzene rings is 2. The lowest BCUT2D eigenvalue weighted by atomic mass is 10.1. The maximum absolute atomic E-state index is 12.7. The lowest BCUT2D eigenvalue weighted by Crippen LogP contribution is -2.43. The van der Waals surface area contributed by atoms with E-state index in [1.807, 2.05) is 55.6 Å². The highest BCUT2D eigenvalue weighted by Crippen LogP contribution is 2.36. The first-order valence-electron chi connectivity index (χ1n) is 10.3. The summed E-state index contributed by atoms with van der Waals surface area (Å²) in [4.78, 5) is 31.5. The van der Waals surface area contributed by atoms with Crippen LogP contribution in [0.2, 0.25) is 0 Å². The maximum Gasteiger partial charge on any atom is 0.265 e. The Morgan fingerprint density at radius 2 is 1.97 bits per heavy atom. The Kier molecular flexibility index (Phi) is 6.04. The molecule has 1 aromatic heterocycles. The molecule has 0 aliphatic carbocycles. The third kappa shape index (κ3) is 4.77. The molecule has 0 fully saturated rings. The zero-order chi connectivity index (χ0) is 22.0. The van der Waals surface area contributed by atoms with Crippen molar-refractivity contribution < 1.29 is 14.3 Å². The van der Waals surface area contributed by atoms with E-state index >= 15 is 0 Å². The number of nitrogens with zero attached hydrogens (tertiary/aromatic N) is 2. The monoisotopic (exact) mass is 435 g/mol. The van der Waals surface area contributed by atoms with Crippen molar-refractivity contribution >= 4 is 34.5 Å². The van der Waals surface area contributed by atoms with Gasteiger partial charge in [-0.05, 0) is 68.1 Å². The van der Waals surface area contributed by atoms with E-state index in [0.717, 1.165) is 45.9 Å². The number of rotatable bonds is 6. The van der Waals surface area contributed by atoms with Gasteiger partial charge in [0.1, 0.15) is 12.3 Å². The van der Waals surface area contributed by atoms with Crippen molar-refractivity contribution in [2.45, 2.75) is 33.6 Å². The second kappa shape index (κ2) is 8.89. The third-order valence-electron chi connectivity index (χ3n) is 5.02. The van der Waals surface area contributed by atoms with Gasteiger partial charge < -0.3 is 10.1 Å². The van der Waals surface area contributed by atoms with Crippen LogP contribution in [0.15, 0.2) is 41.8 Å². The lowest BCUT2D eigenvalue weighted by molar-refractivity contribution is -0.123. The number of hydrogen-bond donors (Lipinski definition) is 1. The summed E-state index contributed by atoms with van der Waals surface area (Å²) in [7, 11) is 0. The molecule has 6 nitrogen and oxygen atoms in total. The highest BCUT2D eigenvalue weighted by atomic mass is 32.1. The van der Waals surface area contributed by atoms with Crippen LogP contribution < -0.4 is 15.0 Å². The van der Waals surface area contributed by atoms with Crippen LogP contribution in [0.25, 0.3) is 11.3 Å². The lowest BCUT2D eigenvalue weighted by Gasteiger charge is -2.29. The molecule has 2 amide bonds. The van der Waals surface area contributed by atoms with E-state index in [2.05, 4.69) is 12.2 Å². The molecule has 0 saturated heterocycles. The topological polar surface area (TPSA) is 71.5 Å². The summed E-state index contributed by atoms with van der Waals surface area (Å²) in [5, 5.41) is 6.01. The fourth-order valence-electron chi connectivity index (χ4n) is 3.70. The molecule has 0 radical (unpaired) electrons. The molecule has 1 N–H and O–H groups in total. The molecule has 3 aromatic rings. The molecule has 1 aliphatic rings. The summed E-state index contributed by atoms with van der Waals surface area (Å²) < 4.78 is 5.59. The van der Waals surface area contributed by atoms with Crippen molar-refractivity contribution in [1.29, 1.82) is 0 Å². The van der Waals surface area contributed by atoms with Gasteiger partial charge in [-0.25, -0.2) is 4.98 Å². The first kappa shape index (κ1) is 21.1. The van der Waals surface area contributed by atoms with Crippen molar-refractivity contribution in [3.8, 4) is 17.0 Å². The van der Waals surface area contributed by atoms with E-state index < -0.39 is 0 Å². The maximum atomic E-state index is 12.7. The fourth-order valence-corrected chi connectivity index (χ4v) is 4.61. The molecular formula is C24H25N3O3S. The van der Waals surface area contributed by atoms with Gasteiger partial charge in [0.2, 0.25) is 5.91 Å². The van der Waals surface area contributed by atoms with Gasteiger partial charge in [0.25, 0.3) is 5.91 Å². The number of anilines is 2. The number of carbonyl (C=O) groups excluding carboxylic acids is 2. The number of ether oxygens (including phenoxy) is 1. The van der Waals surface area contributed by atoms with Gasteiger partial charge in [0, 0.05) is 16.6 Å². The first-order valence-corrected chi connectivity index (χ1v) is 11.2. The summed E-state index contributed by atoms with van der Waals surface area (Å²) in [6, 6.07) is 11.5. The summed E-state index contributed by atoms with van der Waals surface area (Å²) >= 11 is 1.63. The van der Waals surface area contributed by atoms with Crippen molar-refractivity contribution in [2.24, 2.45) is 0 Å². The van der Waals surface area contributed by atoms with E-state index in [-0.39, 0.29) is 25.0 Å². The smallest absolute Gasteiger partial charge is 0.265 e. The molecule has 31 heavy (non-hydrogen) atoms. The summed E-state index contributed by atoms with van der Waals surface area (Å²) in [5.41, 5.74) is 5.22. The molecule has 1 aliphatic heterocycles. The van der Waals surface area contributed by atoms with Crippen LogP contribution in [0.1, 0.15) is 29.5 Å². The Labute approximate surface area is 185 Å². The Morgan fingerprint density at radius 1 is 1.19 bits per heavy atom. The minimum Gasteiger partial charge on any atom is -0.482 e. The Hall–Kier alpha value is -3.19. The van der Waals surface area contributed by atoms with Crippen LogP contribution in [0.4, 0.5) is 11.4 Å². The fraction of sp³-hybridized carbons (Fsp3) is 0.292. The summed E-state index contributed by atoms with van der Waals surface area (Å²) in [6.45, 7) is 5.93. The van der Waals surface area contributed by atoms with E-state index in [1.54, 1.807) is 11.3 Å². The van der Waals surface area contributed by atoms with Gasteiger partial charge in [-0.2, -0.15) is 0 Å². The second-order valence-corrected chi connectivity index (χ2v) is 8.69. The number of hydrogen-bond acceptors (Lipinski definition) is 5. The Balaban J connectivity index is 1.57.